The van der Waals surface area contributed by atoms with Gasteiger partial charge in [0.15, 0.2) is 0 Å². The van der Waals surface area contributed by atoms with Gasteiger partial charge in [0.25, 0.3) is 0 Å². The average molecular weight is 637 g/mol. The summed E-state index contributed by atoms with van der Waals surface area (Å²) < 4.78 is 10.6. The summed E-state index contributed by atoms with van der Waals surface area (Å²) in [6.07, 6.45) is 48.6. The summed E-state index contributed by atoms with van der Waals surface area (Å²) in [5.41, 5.74) is 0. The van der Waals surface area contributed by atoms with Crippen molar-refractivity contribution in [2.75, 3.05) is 6.16 Å². The molecule has 0 rings (SSSR count). The Hall–Kier alpha value is 0.149. The van der Waals surface area contributed by atoms with E-state index in [-0.39, 0.29) is 23.2 Å². The molecule has 0 heterocycles. The SMILES string of the molecule is CCCCCCCC/C=C\CCCCCCCCCCCCCCCC/C=C\CCCCCCCCP(=O)([O-])[O-].[Fe+2]. The van der Waals surface area contributed by atoms with Crippen molar-refractivity contribution in [3.63, 3.8) is 0 Å². The normalized spacial score (nSPS) is 12.1. The molecule has 0 radical (unpaired) electrons. The largest absolute Gasteiger partial charge is 2.00 e. The third kappa shape index (κ3) is 42.3. The third-order valence-corrected chi connectivity index (χ3v) is 8.97. The van der Waals surface area contributed by atoms with E-state index in [1.807, 2.05) is 0 Å². The molecule has 0 unspecified atom stereocenters. The predicted octanol–water partition coefficient (Wildman–Crippen LogP) is 11.7. The molecule has 0 fully saturated rings. The molecule has 0 aromatic rings. The molecular weight excluding hydrogens is 567 g/mol. The summed E-state index contributed by atoms with van der Waals surface area (Å²) in [5, 5.41) is 0. The van der Waals surface area contributed by atoms with Gasteiger partial charge >= 0.3 is 17.1 Å². The van der Waals surface area contributed by atoms with Crippen LogP contribution in [0, 0.1) is 0 Å². The fourth-order valence-corrected chi connectivity index (χ4v) is 6.05. The number of hydrogen-bond donors (Lipinski definition) is 0. The van der Waals surface area contributed by atoms with E-state index in [0.29, 0.717) is 6.42 Å². The molecule has 41 heavy (non-hydrogen) atoms. The van der Waals surface area contributed by atoms with Crippen molar-refractivity contribution in [1.82, 2.24) is 0 Å². The smallest absolute Gasteiger partial charge is 0.811 e. The van der Waals surface area contributed by atoms with Crippen LogP contribution in [0.1, 0.15) is 200 Å². The van der Waals surface area contributed by atoms with Crippen LogP contribution in [-0.2, 0) is 21.6 Å². The van der Waals surface area contributed by atoms with E-state index in [2.05, 4.69) is 31.2 Å². The summed E-state index contributed by atoms with van der Waals surface area (Å²) in [7, 11) is -4.28. The molecule has 0 amide bonds. The molecule has 0 N–H and O–H groups in total. The van der Waals surface area contributed by atoms with Crippen molar-refractivity contribution >= 4 is 7.60 Å². The van der Waals surface area contributed by atoms with Crippen molar-refractivity contribution in [2.24, 2.45) is 0 Å². The fraction of sp³-hybridized carbons (Fsp3) is 0.889. The monoisotopic (exact) mass is 636 g/mol. The first kappa shape index (κ1) is 43.3. The standard InChI is InChI=1S/C36H71O3P.Fe/c1-2-3-4-5-6-7-8-9-10-11-12-13-14-15-16-17-18-19-20-21-22-23-24-25-26-27-28-29-30-31-32-33-34-35-36-40(37,38)39;/h9-10,27-28H,2-8,11-26,29-36H2,1H3,(H2,37,38,39);/q;+2/p-2/b10-9-,28-27-;. The minimum absolute atomic E-state index is 0. The number of allylic oxidation sites excluding steroid dienone is 4. The molecule has 0 saturated carbocycles. The van der Waals surface area contributed by atoms with Crippen LogP contribution in [0.4, 0.5) is 0 Å². The van der Waals surface area contributed by atoms with E-state index in [9.17, 15) is 14.4 Å². The maximum atomic E-state index is 10.6. The van der Waals surface area contributed by atoms with Crippen molar-refractivity contribution < 1.29 is 31.4 Å². The second-order valence-corrected chi connectivity index (χ2v) is 13.9. The van der Waals surface area contributed by atoms with E-state index < -0.39 is 7.60 Å². The van der Waals surface area contributed by atoms with Gasteiger partial charge in [0.1, 0.15) is 0 Å². The topological polar surface area (TPSA) is 63.2 Å². The van der Waals surface area contributed by atoms with E-state index in [4.69, 9.17) is 0 Å². The van der Waals surface area contributed by atoms with Crippen LogP contribution < -0.4 is 9.79 Å². The van der Waals surface area contributed by atoms with E-state index in [1.54, 1.807) is 0 Å². The zero-order chi connectivity index (χ0) is 29.2. The van der Waals surface area contributed by atoms with Crippen molar-refractivity contribution in [3.8, 4) is 0 Å². The summed E-state index contributed by atoms with van der Waals surface area (Å²) in [4.78, 5) is 21.1. The molecule has 0 bridgehead atoms. The van der Waals surface area contributed by atoms with Crippen molar-refractivity contribution in [1.29, 1.82) is 0 Å². The van der Waals surface area contributed by atoms with Gasteiger partial charge in [-0.3, -0.25) is 0 Å². The van der Waals surface area contributed by atoms with Gasteiger partial charge < -0.3 is 14.4 Å². The maximum Gasteiger partial charge on any atom is 2.00 e. The van der Waals surface area contributed by atoms with Crippen LogP contribution in [0.15, 0.2) is 24.3 Å². The molecule has 0 aromatic carbocycles. The fourth-order valence-electron chi connectivity index (χ4n) is 5.43. The molecule has 0 aliphatic carbocycles. The van der Waals surface area contributed by atoms with Gasteiger partial charge in [0.2, 0.25) is 0 Å². The summed E-state index contributed by atoms with van der Waals surface area (Å²) in [5.74, 6) is 0. The molecule has 0 spiro atoms. The van der Waals surface area contributed by atoms with Gasteiger partial charge in [0.05, 0.1) is 0 Å². The molecule has 0 aliphatic rings. The molecule has 0 aromatic heterocycles. The first-order valence-electron chi connectivity index (χ1n) is 17.9. The first-order chi connectivity index (χ1) is 19.6. The molecule has 5 heteroatoms. The van der Waals surface area contributed by atoms with Gasteiger partial charge in [-0.15, -0.1) is 0 Å². The minimum atomic E-state index is -4.28. The van der Waals surface area contributed by atoms with Crippen molar-refractivity contribution in [2.45, 2.75) is 200 Å². The van der Waals surface area contributed by atoms with Crippen LogP contribution in [0.3, 0.4) is 0 Å². The van der Waals surface area contributed by atoms with E-state index in [1.165, 1.54) is 161 Å². The van der Waals surface area contributed by atoms with Crippen LogP contribution in [0.25, 0.3) is 0 Å². The molecule has 0 saturated heterocycles. The van der Waals surface area contributed by atoms with Gasteiger partial charge in [-0.1, -0.05) is 174 Å². The average Bonchev–Trinajstić information content (AvgIpc) is 2.92. The minimum Gasteiger partial charge on any atom is -0.811 e. The van der Waals surface area contributed by atoms with E-state index in [0.717, 1.165) is 25.7 Å². The predicted molar refractivity (Wildman–Crippen MR) is 175 cm³/mol. The van der Waals surface area contributed by atoms with Crippen molar-refractivity contribution in [3.05, 3.63) is 24.3 Å². The molecule has 244 valence electrons. The Bertz CT molecular complexity index is 587. The van der Waals surface area contributed by atoms with Crippen LogP contribution in [0.5, 0.6) is 0 Å². The van der Waals surface area contributed by atoms with Gasteiger partial charge in [-0.25, -0.2) is 0 Å². The Balaban J connectivity index is 0. The second kappa shape index (κ2) is 36.3. The Labute approximate surface area is 268 Å². The van der Waals surface area contributed by atoms with Gasteiger partial charge in [0, 0.05) is 0 Å². The van der Waals surface area contributed by atoms with Crippen LogP contribution >= 0.6 is 7.60 Å². The zero-order valence-corrected chi connectivity index (χ0v) is 29.3. The van der Waals surface area contributed by atoms with Crippen LogP contribution in [-0.4, -0.2) is 6.16 Å². The molecule has 0 aliphatic heterocycles. The van der Waals surface area contributed by atoms with E-state index >= 15 is 0 Å². The van der Waals surface area contributed by atoms with Crippen LogP contribution in [0.2, 0.25) is 0 Å². The summed E-state index contributed by atoms with van der Waals surface area (Å²) in [6.45, 7) is 2.29. The molecule has 0 atom stereocenters. The van der Waals surface area contributed by atoms with Gasteiger partial charge in [-0.05, 0) is 63.9 Å². The Morgan fingerprint density at radius 2 is 0.610 bits per heavy atom. The Kier molecular flexibility index (Phi) is 38.4. The quantitative estimate of drug-likeness (QED) is 0.0312. The second-order valence-electron chi connectivity index (χ2n) is 12.3. The van der Waals surface area contributed by atoms with Gasteiger partial charge in [-0.2, -0.15) is 0 Å². The zero-order valence-electron chi connectivity index (χ0n) is 27.3. The number of rotatable bonds is 33. The third-order valence-electron chi connectivity index (χ3n) is 8.10. The summed E-state index contributed by atoms with van der Waals surface area (Å²) >= 11 is 0. The number of hydrogen-bond acceptors (Lipinski definition) is 3. The molecule has 3 nitrogen and oxygen atoms in total. The first-order valence-corrected chi connectivity index (χ1v) is 19.6. The Morgan fingerprint density at radius 3 is 0.854 bits per heavy atom. The summed E-state index contributed by atoms with van der Waals surface area (Å²) in [6, 6.07) is 0. The molecular formula is C36H69FeO3P. The maximum absolute atomic E-state index is 10.6. The number of unbranched alkanes of at least 4 members (excludes halogenated alkanes) is 27. The Morgan fingerprint density at radius 1 is 0.390 bits per heavy atom.